The van der Waals surface area contributed by atoms with Crippen molar-refractivity contribution in [3.05, 3.63) is 71.1 Å². The Labute approximate surface area is 202 Å². The van der Waals surface area contributed by atoms with Gasteiger partial charge in [0.1, 0.15) is 11.6 Å². The van der Waals surface area contributed by atoms with E-state index < -0.39 is 23.6 Å². The molecule has 8 nitrogen and oxygen atoms in total. The Bertz CT molecular complexity index is 1150. The van der Waals surface area contributed by atoms with Crippen LogP contribution in [0.1, 0.15) is 31.9 Å². The van der Waals surface area contributed by atoms with Crippen LogP contribution < -0.4 is 10.6 Å². The molecule has 0 aliphatic rings. The molecule has 0 saturated heterocycles. The highest BCUT2D eigenvalue weighted by Gasteiger charge is 2.25. The first-order chi connectivity index (χ1) is 16.2. The summed E-state index contributed by atoms with van der Waals surface area (Å²) in [6.07, 6.45) is -0.723. The molecule has 0 spiro atoms. The van der Waals surface area contributed by atoms with Crippen molar-refractivity contribution in [3.8, 4) is 17.3 Å². The van der Waals surface area contributed by atoms with Crippen molar-refractivity contribution >= 4 is 28.5 Å². The number of nitrogens with one attached hydrogen (secondary N) is 2. The van der Waals surface area contributed by atoms with E-state index in [4.69, 9.17) is 14.7 Å². The van der Waals surface area contributed by atoms with E-state index in [9.17, 15) is 9.59 Å². The van der Waals surface area contributed by atoms with Crippen LogP contribution in [0.4, 0.5) is 9.93 Å². The fourth-order valence-corrected chi connectivity index (χ4v) is 3.59. The minimum Gasteiger partial charge on any atom is -0.444 e. The van der Waals surface area contributed by atoms with Crippen LogP contribution >= 0.6 is 11.3 Å². The van der Waals surface area contributed by atoms with Crippen molar-refractivity contribution < 1.29 is 19.1 Å². The molecule has 1 aromatic heterocycles. The molecule has 1 heterocycles. The molecule has 0 fully saturated rings. The largest absolute Gasteiger partial charge is 0.444 e. The number of nitrogens with zero attached hydrogens (tertiary/aromatic N) is 2. The van der Waals surface area contributed by atoms with Crippen molar-refractivity contribution in [1.82, 2.24) is 10.3 Å². The van der Waals surface area contributed by atoms with Crippen LogP contribution in [-0.2, 0) is 20.9 Å². The van der Waals surface area contributed by atoms with Gasteiger partial charge in [0.05, 0.1) is 30.5 Å². The average Bonchev–Trinajstić information content (AvgIpc) is 3.26. The number of hydrogen-bond acceptors (Lipinski definition) is 7. The van der Waals surface area contributed by atoms with Crippen LogP contribution in [0.25, 0.3) is 11.3 Å². The molecular weight excluding hydrogens is 452 g/mol. The third-order valence-corrected chi connectivity index (χ3v) is 5.21. The molecule has 0 bridgehead atoms. The molecule has 9 heteroatoms. The van der Waals surface area contributed by atoms with Gasteiger partial charge >= 0.3 is 6.09 Å². The number of anilines is 1. The SMILES string of the molecule is CC(C)(C)OC(=O)NC(COCc1ccc(C#N)cc1)C(=O)Nc1nc(-c2ccccc2)cs1. The summed E-state index contributed by atoms with van der Waals surface area (Å²) in [5.41, 5.74) is 2.35. The molecule has 2 amide bonds. The number of carbonyl (C=O) groups excluding carboxylic acids is 2. The molecule has 2 aromatic carbocycles. The van der Waals surface area contributed by atoms with E-state index in [2.05, 4.69) is 21.7 Å². The number of rotatable bonds is 8. The van der Waals surface area contributed by atoms with Gasteiger partial charge in [-0.05, 0) is 38.5 Å². The minimum atomic E-state index is -1.00. The van der Waals surface area contributed by atoms with Crippen molar-refractivity contribution in [2.24, 2.45) is 0 Å². The lowest BCUT2D eigenvalue weighted by atomic mass is 10.1. The Hall–Kier alpha value is -3.74. The number of thiazole rings is 1. The predicted octanol–water partition coefficient (Wildman–Crippen LogP) is 4.73. The standard InChI is InChI=1S/C25H26N4O4S/c1-25(2,3)33-24(31)28-20(15-32-14-18-11-9-17(13-26)10-12-18)22(30)29-23-27-21(16-34-23)19-7-5-4-6-8-19/h4-12,16,20H,14-15H2,1-3H3,(H,28,31)(H,27,29,30). The molecule has 3 rings (SSSR count). The maximum atomic E-state index is 13.0. The highest BCUT2D eigenvalue weighted by Crippen LogP contribution is 2.24. The van der Waals surface area contributed by atoms with Gasteiger partial charge < -0.3 is 20.1 Å². The lowest BCUT2D eigenvalue weighted by Crippen LogP contribution is -2.48. The van der Waals surface area contributed by atoms with Crippen LogP contribution in [-0.4, -0.2) is 35.2 Å². The van der Waals surface area contributed by atoms with E-state index in [1.165, 1.54) is 11.3 Å². The Balaban J connectivity index is 1.65. The van der Waals surface area contributed by atoms with Gasteiger partial charge in [0.15, 0.2) is 5.13 Å². The molecule has 1 atom stereocenters. The van der Waals surface area contributed by atoms with Gasteiger partial charge in [-0.15, -0.1) is 11.3 Å². The molecule has 0 aliphatic carbocycles. The zero-order chi connectivity index (χ0) is 24.6. The van der Waals surface area contributed by atoms with Gasteiger partial charge in [-0.25, -0.2) is 9.78 Å². The lowest BCUT2D eigenvalue weighted by Gasteiger charge is -2.23. The summed E-state index contributed by atoms with van der Waals surface area (Å²) >= 11 is 1.29. The smallest absolute Gasteiger partial charge is 0.408 e. The zero-order valence-corrected chi connectivity index (χ0v) is 20.0. The Kier molecular flexibility index (Phi) is 8.35. The Morgan fingerprint density at radius 2 is 1.82 bits per heavy atom. The third kappa shape index (κ3) is 7.69. The van der Waals surface area contributed by atoms with E-state index >= 15 is 0 Å². The minimum absolute atomic E-state index is 0.0814. The van der Waals surface area contributed by atoms with E-state index in [0.29, 0.717) is 10.7 Å². The molecule has 3 aromatic rings. The molecule has 0 radical (unpaired) electrons. The van der Waals surface area contributed by atoms with Gasteiger partial charge in [-0.1, -0.05) is 42.5 Å². The van der Waals surface area contributed by atoms with Crippen LogP contribution in [0.15, 0.2) is 60.0 Å². The molecule has 34 heavy (non-hydrogen) atoms. The topological polar surface area (TPSA) is 113 Å². The molecule has 2 N–H and O–H groups in total. The van der Waals surface area contributed by atoms with Crippen molar-refractivity contribution in [1.29, 1.82) is 5.26 Å². The highest BCUT2D eigenvalue weighted by molar-refractivity contribution is 7.14. The van der Waals surface area contributed by atoms with Crippen LogP contribution in [0.3, 0.4) is 0 Å². The fourth-order valence-electron chi connectivity index (χ4n) is 2.87. The van der Waals surface area contributed by atoms with Crippen molar-refractivity contribution in [2.45, 2.75) is 39.0 Å². The van der Waals surface area contributed by atoms with Crippen molar-refractivity contribution in [3.63, 3.8) is 0 Å². The summed E-state index contributed by atoms with van der Waals surface area (Å²) < 4.78 is 11.0. The summed E-state index contributed by atoms with van der Waals surface area (Å²) in [6.45, 7) is 5.35. The first-order valence-corrected chi connectivity index (χ1v) is 11.5. The molecule has 0 aliphatic heterocycles. The van der Waals surface area contributed by atoms with Gasteiger partial charge in [-0.2, -0.15) is 5.26 Å². The monoisotopic (exact) mass is 478 g/mol. The fraction of sp³-hybridized carbons (Fsp3) is 0.280. The number of benzene rings is 2. The summed E-state index contributed by atoms with van der Waals surface area (Å²) in [5, 5.41) is 16.5. The van der Waals surface area contributed by atoms with Gasteiger partial charge in [0.2, 0.25) is 0 Å². The highest BCUT2D eigenvalue weighted by atomic mass is 32.1. The second kappa shape index (κ2) is 11.4. The first kappa shape index (κ1) is 24.9. The number of ether oxygens (including phenoxy) is 2. The number of aromatic nitrogens is 1. The predicted molar refractivity (Wildman–Crippen MR) is 130 cm³/mol. The first-order valence-electron chi connectivity index (χ1n) is 10.6. The molecular formula is C25H26N4O4S. The maximum Gasteiger partial charge on any atom is 0.408 e. The summed E-state index contributed by atoms with van der Waals surface area (Å²) in [4.78, 5) is 29.7. The third-order valence-electron chi connectivity index (χ3n) is 4.45. The van der Waals surface area contributed by atoms with Crippen LogP contribution in [0, 0.1) is 11.3 Å². The van der Waals surface area contributed by atoms with E-state index in [-0.39, 0.29) is 13.2 Å². The van der Waals surface area contributed by atoms with Gasteiger partial charge in [-0.3, -0.25) is 4.79 Å². The summed E-state index contributed by atoms with van der Waals surface area (Å²) in [6, 6.07) is 17.6. The summed E-state index contributed by atoms with van der Waals surface area (Å²) in [5.74, 6) is -0.473. The normalized spacial score (nSPS) is 11.8. The average molecular weight is 479 g/mol. The number of nitriles is 1. The van der Waals surface area contributed by atoms with Crippen LogP contribution in [0.5, 0.6) is 0 Å². The van der Waals surface area contributed by atoms with E-state index in [1.807, 2.05) is 35.7 Å². The van der Waals surface area contributed by atoms with E-state index in [1.54, 1.807) is 45.0 Å². The second-order valence-corrected chi connectivity index (χ2v) is 9.27. The maximum absolute atomic E-state index is 13.0. The van der Waals surface area contributed by atoms with Gasteiger partial charge in [0.25, 0.3) is 5.91 Å². The number of amides is 2. The molecule has 0 saturated carbocycles. The second-order valence-electron chi connectivity index (χ2n) is 8.42. The molecule has 176 valence electrons. The Morgan fingerprint density at radius 3 is 2.47 bits per heavy atom. The quantitative estimate of drug-likeness (QED) is 0.484. The summed E-state index contributed by atoms with van der Waals surface area (Å²) in [7, 11) is 0. The number of alkyl carbamates (subject to hydrolysis) is 1. The number of carbonyl (C=O) groups is 2. The Morgan fingerprint density at radius 1 is 1.12 bits per heavy atom. The van der Waals surface area contributed by atoms with Gasteiger partial charge in [0, 0.05) is 10.9 Å². The molecule has 1 unspecified atom stereocenters. The zero-order valence-electron chi connectivity index (χ0n) is 19.2. The number of hydrogen-bond donors (Lipinski definition) is 2. The van der Waals surface area contributed by atoms with Crippen molar-refractivity contribution in [2.75, 3.05) is 11.9 Å². The van der Waals surface area contributed by atoms with E-state index in [0.717, 1.165) is 16.8 Å². The lowest BCUT2D eigenvalue weighted by molar-refractivity contribution is -0.119. The van der Waals surface area contributed by atoms with Crippen LogP contribution in [0.2, 0.25) is 0 Å².